The lowest BCUT2D eigenvalue weighted by Crippen LogP contribution is -1.75. The fourth-order valence-corrected chi connectivity index (χ4v) is 1.07. The lowest BCUT2D eigenvalue weighted by molar-refractivity contribution is 1.70. The summed E-state index contributed by atoms with van der Waals surface area (Å²) in [6.45, 7) is 0. The first-order chi connectivity index (χ1) is 4.33. The van der Waals surface area contributed by atoms with E-state index in [0.29, 0.717) is 0 Å². The van der Waals surface area contributed by atoms with Gasteiger partial charge in [0.25, 0.3) is 0 Å². The predicted octanol–water partition coefficient (Wildman–Crippen LogP) is 3.10. The van der Waals surface area contributed by atoms with Crippen LogP contribution in [0.25, 0.3) is 0 Å². The van der Waals surface area contributed by atoms with Crippen LogP contribution in [0.3, 0.4) is 0 Å². The van der Waals surface area contributed by atoms with E-state index in [0.717, 1.165) is 10.7 Å². The van der Waals surface area contributed by atoms with Gasteiger partial charge in [-0.05, 0) is 18.2 Å². The molecule has 0 radical (unpaired) electrons. The van der Waals surface area contributed by atoms with Crippen LogP contribution in [0.15, 0.2) is 24.3 Å². The molecule has 1 aromatic carbocycles. The Balaban J connectivity index is 2.94. The van der Waals surface area contributed by atoms with Gasteiger partial charge in [-0.2, -0.15) is 0 Å². The molecule has 1 rings (SSSR count). The summed E-state index contributed by atoms with van der Waals surface area (Å²) in [5, 5.41) is 0.761. The molecular formula is C6H5ClIN. The third kappa shape index (κ3) is 2.02. The molecule has 0 amide bonds. The molecule has 48 valence electrons. The van der Waals surface area contributed by atoms with E-state index in [4.69, 9.17) is 11.6 Å². The molecule has 0 aromatic heterocycles. The van der Waals surface area contributed by atoms with E-state index in [1.54, 1.807) is 0 Å². The van der Waals surface area contributed by atoms with Crippen molar-refractivity contribution in [2.75, 3.05) is 3.53 Å². The molecule has 0 saturated carbocycles. The zero-order chi connectivity index (χ0) is 6.69. The van der Waals surface area contributed by atoms with Gasteiger partial charge in [0.1, 0.15) is 0 Å². The quantitative estimate of drug-likeness (QED) is 0.599. The molecule has 9 heavy (non-hydrogen) atoms. The van der Waals surface area contributed by atoms with Crippen LogP contribution in [0.2, 0.25) is 5.02 Å². The summed E-state index contributed by atoms with van der Waals surface area (Å²) >= 11 is 7.74. The number of benzene rings is 1. The van der Waals surface area contributed by atoms with Gasteiger partial charge in [0.05, 0.1) is 22.9 Å². The van der Waals surface area contributed by atoms with E-state index >= 15 is 0 Å². The molecule has 0 bridgehead atoms. The first kappa shape index (κ1) is 7.15. The number of hydrogen-bond donors (Lipinski definition) is 1. The monoisotopic (exact) mass is 253 g/mol. The molecule has 0 aliphatic heterocycles. The summed E-state index contributed by atoms with van der Waals surface area (Å²) in [6.07, 6.45) is 0. The molecule has 0 heterocycles. The fraction of sp³-hybridized carbons (Fsp3) is 0. The lowest BCUT2D eigenvalue weighted by atomic mass is 10.3. The highest BCUT2D eigenvalue weighted by Gasteiger charge is 1.87. The summed E-state index contributed by atoms with van der Waals surface area (Å²) in [5.74, 6) is 0. The van der Waals surface area contributed by atoms with E-state index in [1.807, 2.05) is 24.3 Å². The van der Waals surface area contributed by atoms with Gasteiger partial charge in [-0.3, -0.25) is 0 Å². The Labute approximate surface area is 72.9 Å². The largest absolute Gasteiger partial charge is 0.328 e. The smallest absolute Gasteiger partial charge is 0.0560 e. The molecule has 0 aliphatic carbocycles. The highest BCUT2D eigenvalue weighted by molar-refractivity contribution is 14.1. The fourth-order valence-electron chi connectivity index (χ4n) is 0.547. The Morgan fingerprint density at radius 2 is 2.22 bits per heavy atom. The molecule has 0 saturated heterocycles. The van der Waals surface area contributed by atoms with Gasteiger partial charge in [-0.1, -0.05) is 17.7 Å². The average molecular weight is 253 g/mol. The maximum absolute atomic E-state index is 5.68. The lowest BCUT2D eigenvalue weighted by Gasteiger charge is -1.95. The Morgan fingerprint density at radius 3 is 2.67 bits per heavy atom. The highest BCUT2D eigenvalue weighted by Crippen LogP contribution is 2.15. The Bertz CT molecular complexity index is 202. The first-order valence-electron chi connectivity index (χ1n) is 2.45. The molecule has 3 heteroatoms. The SMILES string of the molecule is Clc1cccc(NI)c1. The van der Waals surface area contributed by atoms with Gasteiger partial charge in [-0.25, -0.2) is 0 Å². The van der Waals surface area contributed by atoms with Gasteiger partial charge >= 0.3 is 0 Å². The van der Waals surface area contributed by atoms with Gasteiger partial charge in [0.15, 0.2) is 0 Å². The number of hydrogen-bond acceptors (Lipinski definition) is 1. The van der Waals surface area contributed by atoms with Crippen LogP contribution >= 0.6 is 34.5 Å². The predicted molar refractivity (Wildman–Crippen MR) is 49.1 cm³/mol. The highest BCUT2D eigenvalue weighted by atomic mass is 127. The summed E-state index contributed by atoms with van der Waals surface area (Å²) in [6, 6.07) is 7.58. The van der Waals surface area contributed by atoms with Crippen LogP contribution < -0.4 is 3.53 Å². The summed E-state index contributed by atoms with van der Waals surface area (Å²) in [7, 11) is 0. The molecule has 1 N–H and O–H groups in total. The van der Waals surface area contributed by atoms with E-state index in [1.165, 1.54) is 0 Å². The van der Waals surface area contributed by atoms with E-state index in [9.17, 15) is 0 Å². The number of rotatable bonds is 1. The van der Waals surface area contributed by atoms with Crippen LogP contribution in [0, 0.1) is 0 Å². The minimum atomic E-state index is 0.761. The second kappa shape index (κ2) is 3.27. The third-order valence-electron chi connectivity index (χ3n) is 0.934. The van der Waals surface area contributed by atoms with Crippen LogP contribution in [0.5, 0.6) is 0 Å². The maximum Gasteiger partial charge on any atom is 0.0560 e. The van der Waals surface area contributed by atoms with Crippen LogP contribution in [-0.2, 0) is 0 Å². The second-order valence-electron chi connectivity index (χ2n) is 1.60. The molecular weight excluding hydrogens is 248 g/mol. The average Bonchev–Trinajstić information content (AvgIpc) is 1.88. The standard InChI is InChI=1S/C6H5ClIN/c7-5-2-1-3-6(4-5)9-8/h1-4,9H. The van der Waals surface area contributed by atoms with Crippen molar-refractivity contribution in [3.05, 3.63) is 29.3 Å². The van der Waals surface area contributed by atoms with Gasteiger partial charge < -0.3 is 3.53 Å². The van der Waals surface area contributed by atoms with Crippen molar-refractivity contribution in [3.8, 4) is 0 Å². The van der Waals surface area contributed by atoms with E-state index in [2.05, 4.69) is 26.4 Å². The van der Waals surface area contributed by atoms with Crippen molar-refractivity contribution >= 4 is 40.2 Å². The number of nitrogens with one attached hydrogen (secondary N) is 1. The van der Waals surface area contributed by atoms with Crippen molar-refractivity contribution in [1.82, 2.24) is 0 Å². The Hall–Kier alpha value is 0.0400. The number of halogens is 2. The second-order valence-corrected chi connectivity index (χ2v) is 2.58. The van der Waals surface area contributed by atoms with E-state index < -0.39 is 0 Å². The van der Waals surface area contributed by atoms with E-state index in [-0.39, 0.29) is 0 Å². The molecule has 0 spiro atoms. The molecule has 0 fully saturated rings. The summed E-state index contributed by atoms with van der Waals surface area (Å²) < 4.78 is 2.95. The van der Waals surface area contributed by atoms with Gasteiger partial charge in [0.2, 0.25) is 0 Å². The maximum atomic E-state index is 5.68. The van der Waals surface area contributed by atoms with Crippen LogP contribution in [-0.4, -0.2) is 0 Å². The van der Waals surface area contributed by atoms with Gasteiger partial charge in [-0.15, -0.1) is 0 Å². The normalized spacial score (nSPS) is 9.11. The van der Waals surface area contributed by atoms with Crippen LogP contribution in [0.1, 0.15) is 0 Å². The van der Waals surface area contributed by atoms with Crippen molar-refractivity contribution < 1.29 is 0 Å². The zero-order valence-electron chi connectivity index (χ0n) is 4.57. The summed E-state index contributed by atoms with van der Waals surface area (Å²) in [4.78, 5) is 0. The minimum absolute atomic E-state index is 0.761. The first-order valence-corrected chi connectivity index (χ1v) is 3.91. The third-order valence-corrected chi connectivity index (χ3v) is 1.79. The van der Waals surface area contributed by atoms with Crippen LogP contribution in [0.4, 0.5) is 5.69 Å². The molecule has 0 atom stereocenters. The van der Waals surface area contributed by atoms with Crippen molar-refractivity contribution in [2.24, 2.45) is 0 Å². The molecule has 0 unspecified atom stereocenters. The van der Waals surface area contributed by atoms with Crippen molar-refractivity contribution in [1.29, 1.82) is 0 Å². The zero-order valence-corrected chi connectivity index (χ0v) is 7.48. The van der Waals surface area contributed by atoms with Crippen molar-refractivity contribution in [3.63, 3.8) is 0 Å². The van der Waals surface area contributed by atoms with Crippen molar-refractivity contribution in [2.45, 2.75) is 0 Å². The minimum Gasteiger partial charge on any atom is -0.328 e. The Morgan fingerprint density at radius 1 is 1.44 bits per heavy atom. The topological polar surface area (TPSA) is 12.0 Å². The molecule has 1 aromatic rings. The Kier molecular flexibility index (Phi) is 2.60. The number of anilines is 1. The summed E-state index contributed by atoms with van der Waals surface area (Å²) in [5.41, 5.74) is 1.03. The van der Waals surface area contributed by atoms with Gasteiger partial charge in [0, 0.05) is 10.7 Å². The molecule has 1 nitrogen and oxygen atoms in total. The molecule has 0 aliphatic rings.